The Bertz CT molecular complexity index is 451. The van der Waals surface area contributed by atoms with Gasteiger partial charge in [-0.1, -0.05) is 12.1 Å². The Hall–Kier alpha value is -2.01. The lowest BCUT2D eigenvalue weighted by atomic mass is 10.0. The minimum Gasteiger partial charge on any atom is -0.469 e. The first-order valence-electron chi connectivity index (χ1n) is 4.32. The van der Waals surface area contributed by atoms with Crippen molar-refractivity contribution in [2.75, 3.05) is 0 Å². The molecular weight excluding hydrogens is 174 g/mol. The summed E-state index contributed by atoms with van der Waals surface area (Å²) in [6.07, 6.45) is 2.25. The van der Waals surface area contributed by atoms with Crippen LogP contribution in [0.1, 0.15) is 16.9 Å². The normalized spacial score (nSPS) is 9.64. The van der Waals surface area contributed by atoms with E-state index < -0.39 is 0 Å². The van der Waals surface area contributed by atoms with Gasteiger partial charge in [-0.15, -0.1) is 0 Å². The Kier molecular flexibility index (Phi) is 2.33. The van der Waals surface area contributed by atoms with Gasteiger partial charge in [0, 0.05) is 6.42 Å². The molecule has 1 heterocycles. The number of hydrogen-bond donors (Lipinski definition) is 0. The molecule has 0 amide bonds. The summed E-state index contributed by atoms with van der Waals surface area (Å²) in [5.41, 5.74) is 1.54. The number of nitrogens with zero attached hydrogens (tertiary/aromatic N) is 1. The molecule has 2 aromatic rings. The highest BCUT2D eigenvalue weighted by molar-refractivity contribution is 5.38. The summed E-state index contributed by atoms with van der Waals surface area (Å²) in [7, 11) is 0. The van der Waals surface area contributed by atoms with E-state index in [0.29, 0.717) is 12.0 Å². The van der Waals surface area contributed by atoms with Crippen molar-refractivity contribution >= 4 is 0 Å². The molecule has 0 spiro atoms. The van der Waals surface area contributed by atoms with Gasteiger partial charge in [-0.05, 0) is 29.8 Å². The van der Waals surface area contributed by atoms with Gasteiger partial charge >= 0.3 is 0 Å². The molecular formula is C12H8NO. The molecule has 0 saturated heterocycles. The molecule has 1 aromatic carbocycles. The van der Waals surface area contributed by atoms with E-state index in [0.717, 1.165) is 11.3 Å². The zero-order valence-electron chi connectivity index (χ0n) is 7.53. The molecule has 0 unspecified atom stereocenters. The van der Waals surface area contributed by atoms with E-state index in [-0.39, 0.29) is 0 Å². The Morgan fingerprint density at radius 2 is 2.29 bits per heavy atom. The fraction of sp³-hybridized carbons (Fsp3) is 0.0833. The van der Waals surface area contributed by atoms with Crippen LogP contribution in [0.15, 0.2) is 41.0 Å². The van der Waals surface area contributed by atoms with E-state index in [1.54, 1.807) is 18.4 Å². The molecule has 0 atom stereocenters. The third kappa shape index (κ3) is 1.67. The monoisotopic (exact) mass is 182 g/mol. The van der Waals surface area contributed by atoms with Crippen molar-refractivity contribution in [2.45, 2.75) is 6.42 Å². The Labute approximate surface area is 82.4 Å². The van der Waals surface area contributed by atoms with Gasteiger partial charge in [-0.3, -0.25) is 0 Å². The highest BCUT2D eigenvalue weighted by Gasteiger charge is 2.03. The predicted molar refractivity (Wildman–Crippen MR) is 51.5 cm³/mol. The van der Waals surface area contributed by atoms with E-state index in [2.05, 4.69) is 12.1 Å². The minimum atomic E-state index is 0.622. The number of benzene rings is 1. The van der Waals surface area contributed by atoms with Gasteiger partial charge in [0.1, 0.15) is 5.76 Å². The van der Waals surface area contributed by atoms with Gasteiger partial charge in [0.25, 0.3) is 0 Å². The third-order valence-electron chi connectivity index (χ3n) is 1.99. The smallest absolute Gasteiger partial charge is 0.108 e. The highest BCUT2D eigenvalue weighted by Crippen LogP contribution is 2.13. The molecule has 0 aliphatic heterocycles. The first kappa shape index (κ1) is 8.58. The van der Waals surface area contributed by atoms with Crippen LogP contribution >= 0.6 is 0 Å². The maximum Gasteiger partial charge on any atom is 0.108 e. The van der Waals surface area contributed by atoms with E-state index in [9.17, 15) is 0 Å². The largest absolute Gasteiger partial charge is 0.469 e. The molecule has 1 radical (unpaired) electrons. The first-order valence-corrected chi connectivity index (χ1v) is 4.32. The van der Waals surface area contributed by atoms with Gasteiger partial charge in [-0.25, -0.2) is 0 Å². The lowest BCUT2D eigenvalue weighted by molar-refractivity contribution is 0.520. The number of rotatable bonds is 2. The summed E-state index contributed by atoms with van der Waals surface area (Å²) in [4.78, 5) is 0. The fourth-order valence-corrected chi connectivity index (χ4v) is 1.31. The van der Waals surface area contributed by atoms with E-state index in [1.807, 2.05) is 18.2 Å². The molecule has 0 saturated carbocycles. The predicted octanol–water partition coefficient (Wildman–Crippen LogP) is 2.54. The van der Waals surface area contributed by atoms with E-state index >= 15 is 0 Å². The third-order valence-corrected chi connectivity index (χ3v) is 1.99. The summed E-state index contributed by atoms with van der Waals surface area (Å²) >= 11 is 0. The zero-order chi connectivity index (χ0) is 9.80. The van der Waals surface area contributed by atoms with Crippen LogP contribution in [0.3, 0.4) is 0 Å². The average molecular weight is 182 g/mol. The second kappa shape index (κ2) is 3.80. The second-order valence-corrected chi connectivity index (χ2v) is 2.93. The molecule has 2 heteroatoms. The summed E-state index contributed by atoms with van der Waals surface area (Å²) < 4.78 is 5.21. The minimum absolute atomic E-state index is 0.622. The molecule has 14 heavy (non-hydrogen) atoms. The van der Waals surface area contributed by atoms with Crippen LogP contribution in [0, 0.1) is 17.4 Å². The van der Waals surface area contributed by atoms with E-state index in [1.165, 1.54) is 0 Å². The van der Waals surface area contributed by atoms with Crippen LogP contribution in [0.4, 0.5) is 0 Å². The summed E-state index contributed by atoms with van der Waals surface area (Å²) in [6, 6.07) is 14.3. The molecule has 1 aromatic heterocycles. The highest BCUT2D eigenvalue weighted by atomic mass is 16.3. The molecule has 2 nitrogen and oxygen atoms in total. The van der Waals surface area contributed by atoms with Gasteiger partial charge in [-0.2, -0.15) is 5.26 Å². The van der Waals surface area contributed by atoms with Crippen molar-refractivity contribution in [3.63, 3.8) is 0 Å². The lowest BCUT2D eigenvalue weighted by Crippen LogP contribution is -1.90. The Morgan fingerprint density at radius 1 is 1.36 bits per heavy atom. The van der Waals surface area contributed by atoms with Crippen LogP contribution in [0.2, 0.25) is 0 Å². The molecule has 0 bridgehead atoms. The molecule has 0 N–H and O–H groups in total. The molecule has 0 fully saturated rings. The lowest BCUT2D eigenvalue weighted by Gasteiger charge is -1.99. The zero-order valence-corrected chi connectivity index (χ0v) is 7.53. The molecule has 0 aliphatic carbocycles. The standard InChI is InChI=1S/C12H8NO/c13-9-11-5-2-1-4-10(11)8-12-6-3-7-14-12/h1-3,5-7H,8H2. The maximum atomic E-state index is 8.85. The van der Waals surface area contributed by atoms with Crippen LogP contribution in [-0.4, -0.2) is 0 Å². The topological polar surface area (TPSA) is 36.9 Å². The average Bonchev–Trinajstić information content (AvgIpc) is 2.71. The van der Waals surface area contributed by atoms with Crippen LogP contribution in [-0.2, 0) is 6.42 Å². The molecule has 67 valence electrons. The second-order valence-electron chi connectivity index (χ2n) is 2.93. The van der Waals surface area contributed by atoms with Crippen molar-refractivity contribution in [3.8, 4) is 6.07 Å². The summed E-state index contributed by atoms with van der Waals surface area (Å²) in [5, 5.41) is 8.85. The Balaban J connectivity index is 2.30. The van der Waals surface area contributed by atoms with Crippen LogP contribution in [0.25, 0.3) is 0 Å². The van der Waals surface area contributed by atoms with Crippen molar-refractivity contribution in [1.82, 2.24) is 0 Å². The van der Waals surface area contributed by atoms with Gasteiger partial charge < -0.3 is 4.42 Å². The van der Waals surface area contributed by atoms with Gasteiger partial charge in [0.2, 0.25) is 0 Å². The Morgan fingerprint density at radius 3 is 3.00 bits per heavy atom. The van der Waals surface area contributed by atoms with Crippen molar-refractivity contribution in [2.24, 2.45) is 0 Å². The first-order chi connectivity index (χ1) is 6.90. The van der Waals surface area contributed by atoms with Crippen molar-refractivity contribution in [1.29, 1.82) is 5.26 Å². The SMILES string of the molecule is N#Cc1ccc[c]c1Cc1ccco1. The van der Waals surface area contributed by atoms with Gasteiger partial charge in [0.05, 0.1) is 17.9 Å². The van der Waals surface area contributed by atoms with Crippen LogP contribution in [0.5, 0.6) is 0 Å². The number of furan rings is 1. The molecule has 2 rings (SSSR count). The molecule has 0 aliphatic rings. The van der Waals surface area contributed by atoms with Gasteiger partial charge in [0.15, 0.2) is 0 Å². The summed E-state index contributed by atoms with van der Waals surface area (Å²) in [5.74, 6) is 0.851. The van der Waals surface area contributed by atoms with Crippen molar-refractivity contribution < 1.29 is 4.42 Å². The summed E-state index contributed by atoms with van der Waals surface area (Å²) in [6.45, 7) is 0. The maximum absolute atomic E-state index is 8.85. The van der Waals surface area contributed by atoms with Crippen molar-refractivity contribution in [3.05, 3.63) is 59.5 Å². The number of nitriles is 1. The fourth-order valence-electron chi connectivity index (χ4n) is 1.31. The number of hydrogen-bond acceptors (Lipinski definition) is 2. The van der Waals surface area contributed by atoms with Crippen LogP contribution < -0.4 is 0 Å². The quantitative estimate of drug-likeness (QED) is 0.715. The van der Waals surface area contributed by atoms with E-state index in [4.69, 9.17) is 9.68 Å².